The van der Waals surface area contributed by atoms with Crippen molar-refractivity contribution in [2.75, 3.05) is 40.1 Å². The van der Waals surface area contributed by atoms with Gasteiger partial charge in [-0.1, -0.05) is 0 Å². The molecule has 0 saturated carbocycles. The third kappa shape index (κ3) is 14.4. The molecule has 0 aliphatic heterocycles. The maximum atomic E-state index is 5.47. The summed E-state index contributed by atoms with van der Waals surface area (Å²) in [5.74, 6) is 0. The van der Waals surface area contributed by atoms with Crippen LogP contribution in [0.2, 0.25) is 10.5 Å². The molecule has 0 saturated heterocycles. The van der Waals surface area contributed by atoms with Crippen LogP contribution in [0.1, 0.15) is 26.2 Å². The Balaban J connectivity index is 2.83. The Labute approximate surface area is 107 Å². The Bertz CT molecular complexity index is 109. The van der Waals surface area contributed by atoms with Gasteiger partial charge in [-0.2, -0.15) is 0 Å². The van der Waals surface area contributed by atoms with E-state index < -0.39 is 0 Å². The van der Waals surface area contributed by atoms with E-state index in [1.807, 2.05) is 0 Å². The van der Waals surface area contributed by atoms with Gasteiger partial charge >= 0.3 is 106 Å². The van der Waals surface area contributed by atoms with Crippen LogP contribution in [-0.2, 0) is 14.2 Å². The van der Waals surface area contributed by atoms with Gasteiger partial charge in [0.15, 0.2) is 0 Å². The molecule has 0 fully saturated rings. The van der Waals surface area contributed by atoms with Crippen molar-refractivity contribution in [1.29, 1.82) is 0 Å². The van der Waals surface area contributed by atoms with Gasteiger partial charge in [-0.25, -0.2) is 0 Å². The van der Waals surface area contributed by atoms with Crippen molar-refractivity contribution in [3.8, 4) is 0 Å². The number of hydrogen-bond acceptors (Lipinski definition) is 3. The summed E-state index contributed by atoms with van der Waals surface area (Å²) in [6, 6.07) is 0. The molecule has 96 valence electrons. The maximum absolute atomic E-state index is 5.47. The standard InChI is InChI=1S/C12H26GeO3/c1-3-4-6-13-7-5-8-15-11-12-16-10-9-14-2/h3-12H2,1-2H3. The van der Waals surface area contributed by atoms with Gasteiger partial charge in [0, 0.05) is 0 Å². The van der Waals surface area contributed by atoms with E-state index in [2.05, 4.69) is 6.92 Å². The molecule has 0 aromatic heterocycles. The summed E-state index contributed by atoms with van der Waals surface area (Å²) in [5.41, 5.74) is 0. The number of methoxy groups -OCH3 is 1. The first-order valence-electron chi connectivity index (χ1n) is 6.27. The van der Waals surface area contributed by atoms with Crippen molar-refractivity contribution in [3.63, 3.8) is 0 Å². The van der Waals surface area contributed by atoms with E-state index >= 15 is 0 Å². The van der Waals surface area contributed by atoms with Crippen LogP contribution in [0.4, 0.5) is 0 Å². The van der Waals surface area contributed by atoms with Gasteiger partial charge in [-0.15, -0.1) is 0 Å². The summed E-state index contributed by atoms with van der Waals surface area (Å²) in [7, 11) is 1.68. The minimum absolute atomic E-state index is 0.334. The van der Waals surface area contributed by atoms with Crippen LogP contribution in [0.15, 0.2) is 0 Å². The quantitative estimate of drug-likeness (QED) is 0.385. The van der Waals surface area contributed by atoms with Gasteiger partial charge in [-0.05, 0) is 0 Å². The molecule has 3 nitrogen and oxygen atoms in total. The van der Waals surface area contributed by atoms with Crippen LogP contribution in [0, 0.1) is 0 Å². The van der Waals surface area contributed by atoms with E-state index in [4.69, 9.17) is 14.2 Å². The summed E-state index contributed by atoms with van der Waals surface area (Å²) in [5, 5.41) is 2.92. The summed E-state index contributed by atoms with van der Waals surface area (Å²) < 4.78 is 15.6. The molecule has 0 aliphatic rings. The average molecular weight is 291 g/mol. The predicted octanol–water partition coefficient (Wildman–Crippen LogP) is 2.40. The second kappa shape index (κ2) is 15.4. The average Bonchev–Trinajstić information content (AvgIpc) is 2.31. The molecule has 0 atom stereocenters. The first-order chi connectivity index (χ1) is 7.91. The van der Waals surface area contributed by atoms with Crippen LogP contribution in [0.25, 0.3) is 0 Å². The van der Waals surface area contributed by atoms with Crippen molar-refractivity contribution in [2.24, 2.45) is 0 Å². The predicted molar refractivity (Wildman–Crippen MR) is 68.4 cm³/mol. The zero-order valence-electron chi connectivity index (χ0n) is 10.8. The minimum atomic E-state index is 0.334. The molecule has 4 heteroatoms. The van der Waals surface area contributed by atoms with E-state index in [1.165, 1.54) is 29.8 Å². The molecule has 16 heavy (non-hydrogen) atoms. The van der Waals surface area contributed by atoms with Crippen molar-refractivity contribution < 1.29 is 14.2 Å². The molecule has 0 unspecified atom stereocenters. The topological polar surface area (TPSA) is 27.7 Å². The van der Waals surface area contributed by atoms with E-state index in [9.17, 15) is 0 Å². The van der Waals surface area contributed by atoms with Crippen LogP contribution in [0.5, 0.6) is 0 Å². The Morgan fingerprint density at radius 3 is 2.12 bits per heavy atom. The Morgan fingerprint density at radius 2 is 1.44 bits per heavy atom. The van der Waals surface area contributed by atoms with E-state index in [-0.39, 0.29) is 0 Å². The number of hydrogen-bond donors (Lipinski definition) is 0. The van der Waals surface area contributed by atoms with E-state index in [0.717, 1.165) is 13.2 Å². The molecule has 0 spiro atoms. The second-order valence-corrected chi connectivity index (χ2v) is 6.82. The first kappa shape index (κ1) is 16.4. The SMILES string of the molecule is CCC[CH2][Ge][CH2]CCOCCOCCOC. The van der Waals surface area contributed by atoms with Gasteiger partial charge in [0.2, 0.25) is 0 Å². The van der Waals surface area contributed by atoms with Crippen molar-refractivity contribution in [3.05, 3.63) is 0 Å². The molecule has 0 rings (SSSR count). The zero-order chi connectivity index (χ0) is 11.9. The molecular weight excluding hydrogens is 265 g/mol. The summed E-state index contributed by atoms with van der Waals surface area (Å²) >= 11 is 0.334. The van der Waals surface area contributed by atoms with Crippen molar-refractivity contribution in [1.82, 2.24) is 0 Å². The molecule has 0 bridgehead atoms. The first-order valence-corrected chi connectivity index (χ1v) is 9.23. The number of ether oxygens (including phenoxy) is 3. The van der Waals surface area contributed by atoms with Gasteiger partial charge in [0.1, 0.15) is 0 Å². The van der Waals surface area contributed by atoms with Crippen LogP contribution in [-0.4, -0.2) is 55.6 Å². The van der Waals surface area contributed by atoms with Crippen molar-refractivity contribution >= 4 is 15.4 Å². The van der Waals surface area contributed by atoms with Gasteiger partial charge in [0.05, 0.1) is 0 Å². The number of unbranched alkanes of at least 4 members (excludes halogenated alkanes) is 1. The molecule has 0 aromatic rings. The fourth-order valence-corrected chi connectivity index (χ4v) is 3.81. The zero-order valence-corrected chi connectivity index (χ0v) is 12.9. The molecule has 0 aliphatic carbocycles. The van der Waals surface area contributed by atoms with Crippen LogP contribution >= 0.6 is 0 Å². The third-order valence-electron chi connectivity index (χ3n) is 2.15. The monoisotopic (exact) mass is 292 g/mol. The van der Waals surface area contributed by atoms with Gasteiger partial charge < -0.3 is 0 Å². The molecule has 0 amide bonds. The Hall–Kier alpha value is 0.423. The molecule has 0 heterocycles. The van der Waals surface area contributed by atoms with Crippen molar-refractivity contribution in [2.45, 2.75) is 36.7 Å². The fourth-order valence-electron chi connectivity index (χ4n) is 1.19. The molecule has 2 radical (unpaired) electrons. The van der Waals surface area contributed by atoms with E-state index in [0.29, 0.717) is 35.3 Å². The Kier molecular flexibility index (Phi) is 15.8. The molecule has 0 aromatic carbocycles. The van der Waals surface area contributed by atoms with E-state index in [1.54, 1.807) is 7.11 Å². The third-order valence-corrected chi connectivity index (χ3v) is 5.12. The second-order valence-electron chi connectivity index (χ2n) is 3.67. The summed E-state index contributed by atoms with van der Waals surface area (Å²) in [4.78, 5) is 0. The normalized spacial score (nSPS) is 10.9. The summed E-state index contributed by atoms with van der Waals surface area (Å²) in [6.45, 7) is 5.92. The van der Waals surface area contributed by atoms with Crippen LogP contribution < -0.4 is 0 Å². The van der Waals surface area contributed by atoms with Gasteiger partial charge in [0.25, 0.3) is 0 Å². The van der Waals surface area contributed by atoms with Gasteiger partial charge in [-0.3, -0.25) is 0 Å². The fraction of sp³-hybridized carbons (Fsp3) is 1.00. The molecule has 0 N–H and O–H groups in total. The Morgan fingerprint density at radius 1 is 0.812 bits per heavy atom. The number of rotatable bonds is 13. The molecular formula is C12H26GeO3. The summed E-state index contributed by atoms with van der Waals surface area (Å²) in [6.07, 6.45) is 4.01. The van der Waals surface area contributed by atoms with Crippen LogP contribution in [0.3, 0.4) is 0 Å².